The molecule has 17 heavy (non-hydrogen) atoms. The van der Waals surface area contributed by atoms with Crippen molar-refractivity contribution in [3.05, 3.63) is 59.7 Å². The molecule has 0 unspecified atom stereocenters. The number of nitrogens with zero attached hydrogens (tertiary/aromatic N) is 3. The summed E-state index contributed by atoms with van der Waals surface area (Å²) < 4.78 is 0. The zero-order chi connectivity index (χ0) is 11.7. The highest BCUT2D eigenvalue weighted by molar-refractivity contribution is 6.30. The summed E-state index contributed by atoms with van der Waals surface area (Å²) in [4.78, 5) is 10.4. The fourth-order valence-corrected chi connectivity index (χ4v) is 2.13. The van der Waals surface area contributed by atoms with Gasteiger partial charge in [0.2, 0.25) is 0 Å². The number of anilines is 2. The highest BCUT2D eigenvalue weighted by Gasteiger charge is 2.15. The Hall–Kier alpha value is -1.87. The van der Waals surface area contributed by atoms with Crippen LogP contribution in [0.1, 0.15) is 5.56 Å². The van der Waals surface area contributed by atoms with Gasteiger partial charge in [-0.3, -0.25) is 4.98 Å². The lowest BCUT2D eigenvalue weighted by Gasteiger charge is -2.25. The zero-order valence-electron chi connectivity index (χ0n) is 9.05. The first kappa shape index (κ1) is 10.3. The van der Waals surface area contributed by atoms with E-state index in [1.807, 2.05) is 29.3 Å². The number of benzene rings is 1. The number of allylic oxidation sites excluding steroid dienone is 1. The summed E-state index contributed by atoms with van der Waals surface area (Å²) in [5.74, 6) is 0.812. The average molecular weight is 244 g/mol. The van der Waals surface area contributed by atoms with E-state index in [9.17, 15) is 0 Å². The molecule has 2 aromatic rings. The van der Waals surface area contributed by atoms with Gasteiger partial charge >= 0.3 is 0 Å². The van der Waals surface area contributed by atoms with Crippen LogP contribution in [0, 0.1) is 0 Å². The molecule has 0 N–H and O–H groups in total. The summed E-state index contributed by atoms with van der Waals surface area (Å²) >= 11 is 6.00. The fourth-order valence-electron chi connectivity index (χ4n) is 1.93. The first-order valence-corrected chi connectivity index (χ1v) is 5.73. The van der Waals surface area contributed by atoms with Crippen molar-refractivity contribution >= 4 is 23.1 Å². The molecule has 0 spiro atoms. The van der Waals surface area contributed by atoms with E-state index in [1.54, 1.807) is 18.6 Å². The third-order valence-electron chi connectivity index (χ3n) is 2.69. The standard InChI is InChI=1S/C13H10ClN3/c14-11-3-4-12-10(8-11)2-1-7-17(12)13-9-15-5-6-16-13/h1,3-9H,2H2. The normalized spacial score (nSPS) is 13.6. The van der Waals surface area contributed by atoms with Crippen molar-refractivity contribution in [1.82, 2.24) is 9.97 Å². The van der Waals surface area contributed by atoms with Gasteiger partial charge in [-0.25, -0.2) is 4.98 Å². The first-order valence-electron chi connectivity index (χ1n) is 5.35. The lowest BCUT2D eigenvalue weighted by atomic mass is 10.1. The SMILES string of the molecule is Clc1ccc2c(c1)CC=CN2c1cnccn1. The van der Waals surface area contributed by atoms with Gasteiger partial charge in [-0.15, -0.1) is 0 Å². The van der Waals surface area contributed by atoms with Gasteiger partial charge in [-0.05, 0) is 30.2 Å². The Kier molecular flexibility index (Phi) is 2.53. The summed E-state index contributed by atoms with van der Waals surface area (Å²) in [5.41, 5.74) is 2.31. The lowest BCUT2D eigenvalue weighted by molar-refractivity contribution is 1.07. The van der Waals surface area contributed by atoms with Crippen LogP contribution >= 0.6 is 11.6 Å². The zero-order valence-corrected chi connectivity index (χ0v) is 9.80. The van der Waals surface area contributed by atoms with Crippen LogP contribution in [-0.4, -0.2) is 9.97 Å². The highest BCUT2D eigenvalue weighted by Crippen LogP contribution is 2.32. The molecule has 0 atom stereocenters. The number of halogens is 1. The fraction of sp³-hybridized carbons (Fsp3) is 0.0769. The van der Waals surface area contributed by atoms with Crippen LogP contribution in [0.4, 0.5) is 11.5 Å². The van der Waals surface area contributed by atoms with E-state index in [0.29, 0.717) is 0 Å². The Morgan fingerprint density at radius 1 is 1.24 bits per heavy atom. The van der Waals surface area contributed by atoms with E-state index in [-0.39, 0.29) is 0 Å². The van der Waals surface area contributed by atoms with Gasteiger partial charge in [0.15, 0.2) is 5.82 Å². The number of fused-ring (bicyclic) bond motifs is 1. The van der Waals surface area contributed by atoms with Crippen molar-refractivity contribution in [2.24, 2.45) is 0 Å². The van der Waals surface area contributed by atoms with E-state index in [0.717, 1.165) is 22.9 Å². The molecule has 0 saturated heterocycles. The largest absolute Gasteiger partial charge is 0.301 e. The Balaban J connectivity index is 2.09. The Labute approximate surface area is 104 Å². The molecule has 1 aliphatic heterocycles. The maximum absolute atomic E-state index is 6.00. The number of aromatic nitrogens is 2. The van der Waals surface area contributed by atoms with Crippen molar-refractivity contribution in [3.8, 4) is 0 Å². The molecule has 0 fully saturated rings. The number of hydrogen-bond donors (Lipinski definition) is 0. The molecule has 1 aromatic carbocycles. The smallest absolute Gasteiger partial charge is 0.155 e. The van der Waals surface area contributed by atoms with Crippen LogP contribution in [0.15, 0.2) is 49.1 Å². The Morgan fingerprint density at radius 3 is 3.00 bits per heavy atom. The van der Waals surface area contributed by atoms with E-state index in [2.05, 4.69) is 16.0 Å². The van der Waals surface area contributed by atoms with E-state index >= 15 is 0 Å². The van der Waals surface area contributed by atoms with Gasteiger partial charge in [-0.2, -0.15) is 0 Å². The van der Waals surface area contributed by atoms with Crippen LogP contribution < -0.4 is 4.90 Å². The summed E-state index contributed by atoms with van der Waals surface area (Å²) in [6.07, 6.45) is 10.1. The summed E-state index contributed by atoms with van der Waals surface area (Å²) in [6.45, 7) is 0. The molecule has 0 amide bonds. The molecule has 3 nitrogen and oxygen atoms in total. The predicted molar refractivity (Wildman–Crippen MR) is 68.5 cm³/mol. The maximum atomic E-state index is 6.00. The molecule has 0 bridgehead atoms. The average Bonchev–Trinajstić information content (AvgIpc) is 2.39. The van der Waals surface area contributed by atoms with Crippen molar-refractivity contribution in [2.75, 3.05) is 4.90 Å². The summed E-state index contributed by atoms with van der Waals surface area (Å²) in [7, 11) is 0. The van der Waals surface area contributed by atoms with Gasteiger partial charge in [0.1, 0.15) is 0 Å². The molecule has 3 rings (SSSR count). The molecule has 2 heterocycles. The lowest BCUT2D eigenvalue weighted by Crippen LogP contribution is -2.15. The predicted octanol–water partition coefficient (Wildman–Crippen LogP) is 3.34. The molecule has 0 radical (unpaired) electrons. The molecule has 0 saturated carbocycles. The minimum atomic E-state index is 0.762. The second-order valence-electron chi connectivity index (χ2n) is 3.80. The molecular weight excluding hydrogens is 234 g/mol. The molecule has 4 heteroatoms. The van der Waals surface area contributed by atoms with Crippen molar-refractivity contribution < 1.29 is 0 Å². The number of rotatable bonds is 1. The first-order chi connectivity index (χ1) is 8.34. The van der Waals surface area contributed by atoms with Crippen LogP contribution in [0.5, 0.6) is 0 Å². The van der Waals surface area contributed by atoms with E-state index in [1.165, 1.54) is 5.56 Å². The minimum Gasteiger partial charge on any atom is -0.301 e. The molecule has 84 valence electrons. The van der Waals surface area contributed by atoms with Crippen LogP contribution in [0.3, 0.4) is 0 Å². The Morgan fingerprint density at radius 2 is 2.18 bits per heavy atom. The van der Waals surface area contributed by atoms with E-state index in [4.69, 9.17) is 11.6 Å². The van der Waals surface area contributed by atoms with Gasteiger partial charge in [0.05, 0.1) is 11.9 Å². The second kappa shape index (κ2) is 4.18. The maximum Gasteiger partial charge on any atom is 0.155 e. The number of hydrogen-bond acceptors (Lipinski definition) is 3. The minimum absolute atomic E-state index is 0.762. The topological polar surface area (TPSA) is 29.0 Å². The van der Waals surface area contributed by atoms with Crippen LogP contribution in [0.25, 0.3) is 0 Å². The monoisotopic (exact) mass is 243 g/mol. The van der Waals surface area contributed by atoms with Crippen molar-refractivity contribution in [3.63, 3.8) is 0 Å². The quantitative estimate of drug-likeness (QED) is 0.769. The van der Waals surface area contributed by atoms with Crippen LogP contribution in [0.2, 0.25) is 5.02 Å². The Bertz CT molecular complexity index is 566. The van der Waals surface area contributed by atoms with Crippen molar-refractivity contribution in [2.45, 2.75) is 6.42 Å². The van der Waals surface area contributed by atoms with Crippen LogP contribution in [-0.2, 0) is 6.42 Å². The third kappa shape index (κ3) is 1.89. The van der Waals surface area contributed by atoms with Gasteiger partial charge in [0, 0.05) is 23.6 Å². The van der Waals surface area contributed by atoms with Gasteiger partial charge in [-0.1, -0.05) is 17.7 Å². The molecular formula is C13H10ClN3. The van der Waals surface area contributed by atoms with E-state index < -0.39 is 0 Å². The summed E-state index contributed by atoms with van der Waals surface area (Å²) in [5, 5.41) is 0.762. The van der Waals surface area contributed by atoms with Gasteiger partial charge < -0.3 is 4.90 Å². The molecule has 1 aliphatic rings. The second-order valence-corrected chi connectivity index (χ2v) is 4.23. The molecule has 0 aliphatic carbocycles. The highest BCUT2D eigenvalue weighted by atomic mass is 35.5. The third-order valence-corrected chi connectivity index (χ3v) is 2.92. The van der Waals surface area contributed by atoms with Crippen molar-refractivity contribution in [1.29, 1.82) is 0 Å². The molecule has 1 aromatic heterocycles. The van der Waals surface area contributed by atoms with Gasteiger partial charge in [0.25, 0.3) is 0 Å². The summed E-state index contributed by atoms with van der Waals surface area (Å²) in [6, 6.07) is 5.89.